The van der Waals surface area contributed by atoms with Crippen molar-refractivity contribution in [2.24, 2.45) is 0 Å². The first-order valence-electron chi connectivity index (χ1n) is 7.14. The fourth-order valence-electron chi connectivity index (χ4n) is 2.04. The fraction of sp³-hybridized carbons (Fsp3) is 0.500. The van der Waals surface area contributed by atoms with Crippen LogP contribution >= 0.6 is 0 Å². The third kappa shape index (κ3) is 5.19. The fourth-order valence-corrected chi connectivity index (χ4v) is 2.04. The van der Waals surface area contributed by atoms with Crippen LogP contribution in [-0.2, 0) is 19.7 Å². The van der Waals surface area contributed by atoms with Gasteiger partial charge in [-0.05, 0) is 25.8 Å². The molecule has 1 atom stereocenters. The lowest BCUT2D eigenvalue weighted by molar-refractivity contribution is -0.145. The van der Waals surface area contributed by atoms with Crippen LogP contribution in [0.15, 0.2) is 30.3 Å². The smallest absolute Gasteiger partial charge is 0.314 e. The maximum absolute atomic E-state index is 12.0. The second-order valence-corrected chi connectivity index (χ2v) is 5.08. The topological polar surface area (TPSA) is 75.6 Å². The Morgan fingerprint density at radius 2 is 1.95 bits per heavy atom. The van der Waals surface area contributed by atoms with Crippen LogP contribution in [0.1, 0.15) is 32.3 Å². The molecule has 0 spiro atoms. The van der Waals surface area contributed by atoms with Gasteiger partial charge in [-0.15, -0.1) is 0 Å². The van der Waals surface area contributed by atoms with Crippen molar-refractivity contribution in [1.82, 2.24) is 5.32 Å². The quantitative estimate of drug-likeness (QED) is 0.682. The third-order valence-electron chi connectivity index (χ3n) is 3.39. The molecule has 0 aromatic heterocycles. The van der Waals surface area contributed by atoms with Crippen molar-refractivity contribution >= 4 is 11.9 Å². The number of carboxylic acids is 1. The van der Waals surface area contributed by atoms with E-state index in [0.29, 0.717) is 31.7 Å². The summed E-state index contributed by atoms with van der Waals surface area (Å²) in [6.45, 7) is 5.22. The molecule has 0 bridgehead atoms. The van der Waals surface area contributed by atoms with Crippen molar-refractivity contribution in [2.75, 3.05) is 19.8 Å². The first-order valence-corrected chi connectivity index (χ1v) is 7.14. The van der Waals surface area contributed by atoms with E-state index in [-0.39, 0.29) is 12.3 Å². The van der Waals surface area contributed by atoms with E-state index in [9.17, 15) is 14.7 Å². The lowest BCUT2D eigenvalue weighted by Gasteiger charge is -2.24. The summed E-state index contributed by atoms with van der Waals surface area (Å²) >= 11 is 0. The van der Waals surface area contributed by atoms with Gasteiger partial charge in [-0.1, -0.05) is 30.3 Å². The summed E-state index contributed by atoms with van der Waals surface area (Å²) in [4.78, 5) is 23.5. The molecule has 5 heteroatoms. The number of aliphatic carboxylic acids is 1. The summed E-state index contributed by atoms with van der Waals surface area (Å²) in [5.74, 6) is -1.27. The van der Waals surface area contributed by atoms with Crippen molar-refractivity contribution < 1.29 is 19.4 Å². The van der Waals surface area contributed by atoms with E-state index >= 15 is 0 Å². The average molecular weight is 293 g/mol. The summed E-state index contributed by atoms with van der Waals surface area (Å²) < 4.78 is 5.18. The van der Waals surface area contributed by atoms with Gasteiger partial charge in [-0.2, -0.15) is 0 Å². The molecule has 0 saturated heterocycles. The molecule has 1 amide bonds. The summed E-state index contributed by atoms with van der Waals surface area (Å²) in [6, 6.07) is 8.83. The van der Waals surface area contributed by atoms with Gasteiger partial charge in [-0.25, -0.2) is 0 Å². The van der Waals surface area contributed by atoms with Gasteiger partial charge >= 0.3 is 5.97 Å². The molecule has 5 nitrogen and oxygen atoms in total. The number of rotatable bonds is 9. The first kappa shape index (κ1) is 17.2. The molecule has 1 unspecified atom stereocenters. The van der Waals surface area contributed by atoms with Crippen molar-refractivity contribution in [2.45, 2.75) is 32.1 Å². The number of carbonyl (C=O) groups excluding carboxylic acids is 1. The van der Waals surface area contributed by atoms with Gasteiger partial charge in [0, 0.05) is 26.2 Å². The zero-order valence-electron chi connectivity index (χ0n) is 12.6. The lowest BCUT2D eigenvalue weighted by atomic mass is 9.79. The van der Waals surface area contributed by atoms with Crippen LogP contribution in [0, 0.1) is 0 Å². The third-order valence-corrected chi connectivity index (χ3v) is 3.39. The van der Waals surface area contributed by atoms with E-state index < -0.39 is 11.4 Å². The van der Waals surface area contributed by atoms with Crippen LogP contribution in [0.5, 0.6) is 0 Å². The van der Waals surface area contributed by atoms with Crippen molar-refractivity contribution in [3.8, 4) is 0 Å². The molecule has 1 rings (SSSR count). The van der Waals surface area contributed by atoms with E-state index in [4.69, 9.17) is 4.74 Å². The number of hydrogen-bond donors (Lipinski definition) is 2. The molecule has 0 aliphatic heterocycles. The number of ether oxygens (including phenoxy) is 1. The number of amides is 1. The molecule has 0 fully saturated rings. The second-order valence-electron chi connectivity index (χ2n) is 5.08. The SMILES string of the molecule is CCOCCCNC(=O)CC(C)(C(=O)O)c1ccccc1. The van der Waals surface area contributed by atoms with E-state index in [2.05, 4.69) is 5.32 Å². The maximum atomic E-state index is 12.0. The maximum Gasteiger partial charge on any atom is 0.314 e. The van der Waals surface area contributed by atoms with Gasteiger partial charge in [0.15, 0.2) is 0 Å². The minimum absolute atomic E-state index is 0.0824. The highest BCUT2D eigenvalue weighted by atomic mass is 16.5. The highest BCUT2D eigenvalue weighted by molar-refractivity contribution is 5.89. The van der Waals surface area contributed by atoms with Crippen LogP contribution in [0.25, 0.3) is 0 Å². The minimum Gasteiger partial charge on any atom is -0.481 e. The van der Waals surface area contributed by atoms with Crippen LogP contribution in [0.2, 0.25) is 0 Å². The normalized spacial score (nSPS) is 13.4. The van der Waals surface area contributed by atoms with E-state index in [1.807, 2.05) is 13.0 Å². The molecule has 1 aromatic carbocycles. The molecule has 0 heterocycles. The number of benzene rings is 1. The number of nitrogens with one attached hydrogen (secondary N) is 1. The Bertz CT molecular complexity index is 461. The Hall–Kier alpha value is -1.88. The van der Waals surface area contributed by atoms with Crippen molar-refractivity contribution in [3.05, 3.63) is 35.9 Å². The molecule has 0 aliphatic carbocycles. The van der Waals surface area contributed by atoms with Gasteiger partial charge in [0.25, 0.3) is 0 Å². The molecule has 116 valence electrons. The lowest BCUT2D eigenvalue weighted by Crippen LogP contribution is -2.39. The van der Waals surface area contributed by atoms with Crippen LogP contribution in [0.4, 0.5) is 0 Å². The van der Waals surface area contributed by atoms with Gasteiger partial charge in [-0.3, -0.25) is 9.59 Å². The number of carbonyl (C=O) groups is 2. The highest BCUT2D eigenvalue weighted by Gasteiger charge is 2.37. The molecule has 0 saturated carbocycles. The second kappa shape index (κ2) is 8.42. The van der Waals surface area contributed by atoms with Gasteiger partial charge < -0.3 is 15.2 Å². The number of carboxylic acid groups (broad SMARTS) is 1. The summed E-state index contributed by atoms with van der Waals surface area (Å²) in [6.07, 6.45) is 0.635. The molecule has 1 aromatic rings. The highest BCUT2D eigenvalue weighted by Crippen LogP contribution is 2.27. The Morgan fingerprint density at radius 3 is 2.52 bits per heavy atom. The zero-order valence-corrected chi connectivity index (χ0v) is 12.6. The Kier molecular flexibility index (Phi) is 6.88. The van der Waals surface area contributed by atoms with Gasteiger partial charge in [0.2, 0.25) is 5.91 Å². The first-order chi connectivity index (χ1) is 10.0. The molecule has 0 aliphatic rings. The molecule has 21 heavy (non-hydrogen) atoms. The monoisotopic (exact) mass is 293 g/mol. The summed E-state index contributed by atoms with van der Waals surface area (Å²) in [5.41, 5.74) is -0.590. The molecular formula is C16H23NO4. The average Bonchev–Trinajstić information content (AvgIpc) is 2.47. The van der Waals surface area contributed by atoms with Gasteiger partial charge in [0.1, 0.15) is 0 Å². The predicted molar refractivity (Wildman–Crippen MR) is 80.2 cm³/mol. The van der Waals surface area contributed by atoms with Gasteiger partial charge in [0.05, 0.1) is 5.41 Å². The minimum atomic E-state index is -1.22. The number of hydrogen-bond acceptors (Lipinski definition) is 3. The standard InChI is InChI=1S/C16H23NO4/c1-3-21-11-7-10-17-14(18)12-16(2,15(19)20)13-8-5-4-6-9-13/h4-6,8-9H,3,7,10-12H2,1-2H3,(H,17,18)(H,19,20). The van der Waals surface area contributed by atoms with Crippen molar-refractivity contribution in [1.29, 1.82) is 0 Å². The summed E-state index contributed by atoms with van der Waals surface area (Å²) in [5, 5.41) is 12.2. The predicted octanol–water partition coefficient (Wildman–Crippen LogP) is 1.96. The largest absolute Gasteiger partial charge is 0.481 e. The van der Waals surface area contributed by atoms with Crippen molar-refractivity contribution in [3.63, 3.8) is 0 Å². The molecular weight excluding hydrogens is 270 g/mol. The van der Waals surface area contributed by atoms with Crippen LogP contribution in [0.3, 0.4) is 0 Å². The Balaban J connectivity index is 2.59. The zero-order chi connectivity index (χ0) is 15.7. The van der Waals surface area contributed by atoms with E-state index in [0.717, 1.165) is 0 Å². The van der Waals surface area contributed by atoms with Crippen LogP contribution in [-0.4, -0.2) is 36.7 Å². The Morgan fingerprint density at radius 1 is 1.29 bits per heavy atom. The van der Waals surface area contributed by atoms with E-state index in [1.54, 1.807) is 31.2 Å². The Labute approximate surface area is 125 Å². The summed E-state index contributed by atoms with van der Waals surface area (Å²) in [7, 11) is 0. The molecule has 2 N–H and O–H groups in total. The molecule has 0 radical (unpaired) electrons. The van der Waals surface area contributed by atoms with Crippen LogP contribution < -0.4 is 5.32 Å². The van der Waals surface area contributed by atoms with E-state index in [1.165, 1.54) is 0 Å².